The van der Waals surface area contributed by atoms with Crippen LogP contribution in [0.5, 0.6) is 0 Å². The van der Waals surface area contributed by atoms with E-state index in [1.54, 1.807) is 42.5 Å². The molecule has 2 aromatic heterocycles. The Kier molecular flexibility index (Phi) is 3.79. The van der Waals surface area contributed by atoms with Gasteiger partial charge in [0.15, 0.2) is 0 Å². The summed E-state index contributed by atoms with van der Waals surface area (Å²) in [4.78, 5) is 20.5. The van der Waals surface area contributed by atoms with Crippen molar-refractivity contribution in [1.29, 1.82) is 0 Å². The average Bonchev–Trinajstić information content (AvgIpc) is 2.82. The zero-order valence-electron chi connectivity index (χ0n) is 12.2. The molecule has 5 nitrogen and oxygen atoms in total. The second-order valence-corrected chi connectivity index (χ2v) is 5.66. The Morgan fingerprint density at radius 1 is 1.25 bits per heavy atom. The van der Waals surface area contributed by atoms with Crippen LogP contribution in [0.4, 0.5) is 0 Å². The van der Waals surface area contributed by atoms with E-state index in [4.69, 9.17) is 0 Å². The molecule has 0 atom stereocenters. The summed E-state index contributed by atoms with van der Waals surface area (Å²) in [7, 11) is 1.78. The number of nitrogens with zero attached hydrogens (tertiary/aromatic N) is 4. The summed E-state index contributed by atoms with van der Waals surface area (Å²) in [5.74, 6) is 0.649. The first kappa shape index (κ1) is 14.1. The van der Waals surface area contributed by atoms with Crippen LogP contribution in [-0.4, -0.2) is 25.5 Å². The minimum Gasteiger partial charge on any atom is -0.287 e. The van der Waals surface area contributed by atoms with Gasteiger partial charge in [-0.25, -0.2) is 9.97 Å². The standard InChI is InChI=1S/C15H18N4O/c1-15(2,3)14-16-9-11(10-17-14)5-6-13(20)12-7-8-19(4)18-12/h5-10H,1-4H3/b6-5+. The zero-order chi connectivity index (χ0) is 14.8. The number of carbonyl (C=O) groups excluding carboxylic acids is 1. The van der Waals surface area contributed by atoms with Crippen LogP contribution in [0, 0.1) is 0 Å². The maximum absolute atomic E-state index is 11.9. The average molecular weight is 270 g/mol. The van der Waals surface area contributed by atoms with Gasteiger partial charge in [0.25, 0.3) is 0 Å². The van der Waals surface area contributed by atoms with Gasteiger partial charge in [-0.1, -0.05) is 20.8 Å². The molecular formula is C15H18N4O. The molecule has 0 aliphatic rings. The number of hydrogen-bond acceptors (Lipinski definition) is 4. The number of aromatic nitrogens is 4. The van der Waals surface area contributed by atoms with Gasteiger partial charge in [0, 0.05) is 36.6 Å². The van der Waals surface area contributed by atoms with Crippen LogP contribution < -0.4 is 0 Å². The number of hydrogen-bond donors (Lipinski definition) is 0. The lowest BCUT2D eigenvalue weighted by atomic mass is 9.96. The SMILES string of the molecule is Cn1ccc(C(=O)/C=C/c2cnc(C(C)(C)C)nc2)n1. The summed E-state index contributed by atoms with van der Waals surface area (Å²) >= 11 is 0. The fourth-order valence-electron chi connectivity index (χ4n) is 1.62. The molecule has 0 unspecified atom stereocenters. The van der Waals surface area contributed by atoms with Gasteiger partial charge in [0.2, 0.25) is 5.78 Å². The van der Waals surface area contributed by atoms with Gasteiger partial charge < -0.3 is 0 Å². The maximum Gasteiger partial charge on any atom is 0.206 e. The van der Waals surface area contributed by atoms with E-state index >= 15 is 0 Å². The van der Waals surface area contributed by atoms with Gasteiger partial charge >= 0.3 is 0 Å². The first-order valence-corrected chi connectivity index (χ1v) is 6.41. The second-order valence-electron chi connectivity index (χ2n) is 5.66. The predicted octanol–water partition coefficient (Wildman–Crippen LogP) is 2.40. The van der Waals surface area contributed by atoms with Gasteiger partial charge in [-0.05, 0) is 18.2 Å². The van der Waals surface area contributed by atoms with Crippen LogP contribution >= 0.6 is 0 Å². The number of aryl methyl sites for hydroxylation is 1. The van der Waals surface area contributed by atoms with Crippen molar-refractivity contribution >= 4 is 11.9 Å². The Hall–Kier alpha value is -2.30. The van der Waals surface area contributed by atoms with Crippen molar-refractivity contribution < 1.29 is 4.79 Å². The molecule has 0 radical (unpaired) electrons. The van der Waals surface area contributed by atoms with E-state index < -0.39 is 0 Å². The largest absolute Gasteiger partial charge is 0.287 e. The monoisotopic (exact) mass is 270 g/mol. The van der Waals surface area contributed by atoms with Crippen LogP contribution in [0.25, 0.3) is 6.08 Å². The predicted molar refractivity (Wildman–Crippen MR) is 77.3 cm³/mol. The maximum atomic E-state index is 11.9. The third-order valence-electron chi connectivity index (χ3n) is 2.74. The van der Waals surface area contributed by atoms with E-state index in [0.29, 0.717) is 5.69 Å². The fraction of sp³-hybridized carbons (Fsp3) is 0.333. The molecular weight excluding hydrogens is 252 g/mol. The van der Waals surface area contributed by atoms with Gasteiger partial charge in [-0.15, -0.1) is 0 Å². The summed E-state index contributed by atoms with van der Waals surface area (Å²) < 4.78 is 1.60. The third-order valence-corrected chi connectivity index (χ3v) is 2.74. The van der Waals surface area contributed by atoms with Crippen LogP contribution in [0.2, 0.25) is 0 Å². The minimum atomic E-state index is -0.134. The fourth-order valence-corrected chi connectivity index (χ4v) is 1.62. The molecule has 2 rings (SSSR count). The van der Waals surface area contributed by atoms with Crippen molar-refractivity contribution in [1.82, 2.24) is 19.7 Å². The molecule has 5 heteroatoms. The minimum absolute atomic E-state index is 0.0774. The van der Waals surface area contributed by atoms with Gasteiger partial charge in [-0.3, -0.25) is 9.48 Å². The highest BCUT2D eigenvalue weighted by atomic mass is 16.1. The lowest BCUT2D eigenvalue weighted by Gasteiger charge is -2.15. The van der Waals surface area contributed by atoms with E-state index in [1.807, 2.05) is 0 Å². The molecule has 0 saturated carbocycles. The van der Waals surface area contributed by atoms with Gasteiger partial charge in [0.1, 0.15) is 11.5 Å². The van der Waals surface area contributed by atoms with Gasteiger partial charge in [-0.2, -0.15) is 5.10 Å². The van der Waals surface area contributed by atoms with Crippen molar-refractivity contribution in [2.24, 2.45) is 7.05 Å². The smallest absolute Gasteiger partial charge is 0.206 e. The normalized spacial score (nSPS) is 12.0. The number of allylic oxidation sites excluding steroid dienone is 1. The summed E-state index contributed by atoms with van der Waals surface area (Å²) in [5.41, 5.74) is 1.14. The number of rotatable bonds is 3. The Balaban J connectivity index is 2.10. The van der Waals surface area contributed by atoms with Crippen LogP contribution in [0.3, 0.4) is 0 Å². The number of carbonyl (C=O) groups is 1. The molecule has 0 spiro atoms. The van der Waals surface area contributed by atoms with E-state index in [-0.39, 0.29) is 11.2 Å². The van der Waals surface area contributed by atoms with Crippen LogP contribution in [0.1, 0.15) is 42.6 Å². The Bertz CT molecular complexity index is 633. The first-order chi connectivity index (χ1) is 9.36. The molecule has 0 aliphatic carbocycles. The molecule has 0 aromatic carbocycles. The highest BCUT2D eigenvalue weighted by Crippen LogP contribution is 2.17. The van der Waals surface area contributed by atoms with E-state index in [0.717, 1.165) is 11.4 Å². The first-order valence-electron chi connectivity index (χ1n) is 6.41. The quantitative estimate of drug-likeness (QED) is 0.634. The molecule has 20 heavy (non-hydrogen) atoms. The molecule has 0 aliphatic heterocycles. The van der Waals surface area contributed by atoms with E-state index in [1.165, 1.54) is 6.08 Å². The summed E-state index contributed by atoms with van der Waals surface area (Å²) in [6.45, 7) is 6.17. The molecule has 2 heterocycles. The van der Waals surface area contributed by atoms with Crippen molar-refractivity contribution in [2.45, 2.75) is 26.2 Å². The highest BCUT2D eigenvalue weighted by molar-refractivity contribution is 6.05. The molecule has 0 fully saturated rings. The zero-order valence-corrected chi connectivity index (χ0v) is 12.2. The van der Waals surface area contributed by atoms with Crippen molar-refractivity contribution in [3.8, 4) is 0 Å². The molecule has 0 N–H and O–H groups in total. The van der Waals surface area contributed by atoms with Gasteiger partial charge in [0.05, 0.1) is 0 Å². The van der Waals surface area contributed by atoms with Crippen LogP contribution in [-0.2, 0) is 12.5 Å². The lowest BCUT2D eigenvalue weighted by Crippen LogP contribution is -2.15. The summed E-state index contributed by atoms with van der Waals surface area (Å²) in [5, 5.41) is 4.05. The topological polar surface area (TPSA) is 60.7 Å². The van der Waals surface area contributed by atoms with Crippen molar-refractivity contribution in [3.05, 3.63) is 47.8 Å². The van der Waals surface area contributed by atoms with Crippen molar-refractivity contribution in [3.63, 3.8) is 0 Å². The molecule has 2 aromatic rings. The Morgan fingerprint density at radius 3 is 2.40 bits per heavy atom. The summed E-state index contributed by atoms with van der Waals surface area (Å²) in [6.07, 6.45) is 8.36. The molecule has 0 saturated heterocycles. The Labute approximate surface area is 118 Å². The molecule has 104 valence electrons. The number of ketones is 1. The van der Waals surface area contributed by atoms with E-state index in [9.17, 15) is 4.79 Å². The molecule has 0 bridgehead atoms. The molecule has 0 amide bonds. The van der Waals surface area contributed by atoms with Crippen molar-refractivity contribution in [2.75, 3.05) is 0 Å². The lowest BCUT2D eigenvalue weighted by molar-refractivity contribution is 0.104. The van der Waals surface area contributed by atoms with E-state index in [2.05, 4.69) is 35.8 Å². The third kappa shape index (κ3) is 3.38. The highest BCUT2D eigenvalue weighted by Gasteiger charge is 2.16. The second kappa shape index (κ2) is 5.36. The Morgan fingerprint density at radius 2 is 1.90 bits per heavy atom. The summed E-state index contributed by atoms with van der Waals surface area (Å²) in [6, 6.07) is 1.69. The van der Waals surface area contributed by atoms with Crippen LogP contribution in [0.15, 0.2) is 30.7 Å².